The summed E-state index contributed by atoms with van der Waals surface area (Å²) < 4.78 is 5.82. The standard InChI is InChI=1S/C20H18N2O5S/c1-11-8-15(7-4-13(11)10-16(21)19(24)25)27-14-5-2-12(3-6-14)9-17-18(23)22-20(26)28-17/h2-9,16H,10,21H2,1H3,(H,24,25)(H,22,23,26)/b17-9+. The van der Waals surface area contributed by atoms with Crippen LogP contribution in [0, 0.1) is 6.92 Å². The molecule has 1 heterocycles. The number of aryl methyl sites for hydroxylation is 1. The Bertz CT molecular complexity index is 969. The number of hydrogen-bond acceptors (Lipinski definition) is 6. The average Bonchev–Trinajstić information content (AvgIpc) is 2.96. The number of rotatable bonds is 6. The number of carboxylic acids is 1. The van der Waals surface area contributed by atoms with Crippen LogP contribution in [-0.4, -0.2) is 28.3 Å². The van der Waals surface area contributed by atoms with E-state index in [0.717, 1.165) is 28.5 Å². The lowest BCUT2D eigenvalue weighted by Gasteiger charge is -2.12. The number of thioether (sulfide) groups is 1. The molecule has 1 saturated heterocycles. The van der Waals surface area contributed by atoms with E-state index in [1.807, 2.05) is 13.0 Å². The molecule has 8 heteroatoms. The number of nitrogens with one attached hydrogen (secondary N) is 1. The quantitative estimate of drug-likeness (QED) is 0.640. The highest BCUT2D eigenvalue weighted by Crippen LogP contribution is 2.28. The number of hydrogen-bond donors (Lipinski definition) is 3. The van der Waals surface area contributed by atoms with Gasteiger partial charge in [0.25, 0.3) is 11.1 Å². The molecule has 0 aliphatic carbocycles. The molecule has 2 aromatic carbocycles. The molecule has 1 aliphatic heterocycles. The maximum absolute atomic E-state index is 11.6. The van der Waals surface area contributed by atoms with Crippen LogP contribution in [0.5, 0.6) is 11.5 Å². The van der Waals surface area contributed by atoms with Gasteiger partial charge in [0.2, 0.25) is 0 Å². The van der Waals surface area contributed by atoms with E-state index in [1.54, 1.807) is 42.5 Å². The van der Waals surface area contributed by atoms with Crippen LogP contribution in [0.25, 0.3) is 6.08 Å². The minimum atomic E-state index is -1.03. The number of carbonyl (C=O) groups is 3. The van der Waals surface area contributed by atoms with Crippen LogP contribution in [0.1, 0.15) is 16.7 Å². The molecule has 0 bridgehead atoms. The Labute approximate surface area is 165 Å². The van der Waals surface area contributed by atoms with E-state index in [0.29, 0.717) is 16.4 Å². The van der Waals surface area contributed by atoms with Gasteiger partial charge in [-0.3, -0.25) is 19.7 Å². The third kappa shape index (κ3) is 4.79. The van der Waals surface area contributed by atoms with Crippen molar-refractivity contribution >= 4 is 35.0 Å². The molecule has 2 aromatic rings. The van der Waals surface area contributed by atoms with Crippen LogP contribution in [0.4, 0.5) is 4.79 Å². The fraction of sp³-hybridized carbons (Fsp3) is 0.150. The summed E-state index contributed by atoms with van der Waals surface area (Å²) in [6.45, 7) is 1.87. The van der Waals surface area contributed by atoms with E-state index < -0.39 is 17.9 Å². The zero-order chi connectivity index (χ0) is 20.3. The fourth-order valence-corrected chi connectivity index (χ4v) is 3.31. The zero-order valence-electron chi connectivity index (χ0n) is 15.0. The summed E-state index contributed by atoms with van der Waals surface area (Å²) in [5, 5.41) is 10.8. The number of ether oxygens (including phenoxy) is 1. The Kier molecular flexibility index (Phi) is 5.81. The summed E-state index contributed by atoms with van der Waals surface area (Å²) in [7, 11) is 0. The second kappa shape index (κ2) is 8.28. The van der Waals surface area contributed by atoms with Crippen molar-refractivity contribution in [2.45, 2.75) is 19.4 Å². The number of carboxylic acid groups (broad SMARTS) is 1. The van der Waals surface area contributed by atoms with E-state index in [2.05, 4.69) is 5.32 Å². The van der Waals surface area contributed by atoms with Crippen LogP contribution >= 0.6 is 11.8 Å². The molecule has 144 valence electrons. The van der Waals surface area contributed by atoms with Gasteiger partial charge in [0.15, 0.2) is 0 Å². The van der Waals surface area contributed by atoms with Crippen molar-refractivity contribution in [1.82, 2.24) is 5.32 Å². The number of nitrogens with two attached hydrogens (primary N) is 1. The van der Waals surface area contributed by atoms with Crippen LogP contribution in [0.3, 0.4) is 0 Å². The second-order valence-corrected chi connectivity index (χ2v) is 7.28. The molecule has 4 N–H and O–H groups in total. The minimum Gasteiger partial charge on any atom is -0.480 e. The van der Waals surface area contributed by atoms with E-state index in [1.165, 1.54) is 0 Å². The van der Waals surface area contributed by atoms with Gasteiger partial charge in [0, 0.05) is 0 Å². The monoisotopic (exact) mass is 398 g/mol. The maximum atomic E-state index is 11.6. The highest BCUT2D eigenvalue weighted by molar-refractivity contribution is 8.18. The SMILES string of the molecule is Cc1cc(Oc2ccc(/C=C3/SC(=O)NC3=O)cc2)ccc1CC(N)C(=O)O. The predicted octanol–water partition coefficient (Wildman–Crippen LogP) is 3.07. The first-order valence-corrected chi connectivity index (χ1v) is 9.24. The molecule has 0 aromatic heterocycles. The lowest BCUT2D eigenvalue weighted by Crippen LogP contribution is -2.32. The van der Waals surface area contributed by atoms with Crippen molar-refractivity contribution in [2.75, 3.05) is 0 Å². The van der Waals surface area contributed by atoms with Crippen molar-refractivity contribution < 1.29 is 24.2 Å². The molecule has 1 atom stereocenters. The molecule has 28 heavy (non-hydrogen) atoms. The average molecular weight is 398 g/mol. The first kappa shape index (κ1) is 19.7. The number of aliphatic carboxylic acids is 1. The molecule has 0 radical (unpaired) electrons. The van der Waals surface area contributed by atoms with Crippen molar-refractivity contribution in [3.05, 3.63) is 64.1 Å². The minimum absolute atomic E-state index is 0.249. The van der Waals surface area contributed by atoms with E-state index in [4.69, 9.17) is 15.6 Å². The number of imide groups is 1. The summed E-state index contributed by atoms with van der Waals surface area (Å²) in [4.78, 5) is 34.0. The van der Waals surface area contributed by atoms with Crippen LogP contribution in [0.15, 0.2) is 47.4 Å². The van der Waals surface area contributed by atoms with Crippen LogP contribution < -0.4 is 15.8 Å². The van der Waals surface area contributed by atoms with Crippen molar-refractivity contribution in [3.63, 3.8) is 0 Å². The van der Waals surface area contributed by atoms with Gasteiger partial charge in [0.05, 0.1) is 4.91 Å². The lowest BCUT2D eigenvalue weighted by molar-refractivity contribution is -0.138. The third-order valence-electron chi connectivity index (χ3n) is 4.13. The Morgan fingerprint density at radius 1 is 1.21 bits per heavy atom. The Morgan fingerprint density at radius 3 is 2.46 bits per heavy atom. The van der Waals surface area contributed by atoms with Gasteiger partial charge in [-0.2, -0.15) is 0 Å². The topological polar surface area (TPSA) is 119 Å². The molecule has 0 spiro atoms. The van der Waals surface area contributed by atoms with Gasteiger partial charge in [-0.25, -0.2) is 0 Å². The van der Waals surface area contributed by atoms with Crippen molar-refractivity contribution in [1.29, 1.82) is 0 Å². The second-order valence-electron chi connectivity index (χ2n) is 6.26. The summed E-state index contributed by atoms with van der Waals surface area (Å²) in [5.74, 6) is -0.204. The number of amides is 2. The van der Waals surface area contributed by atoms with Crippen LogP contribution in [-0.2, 0) is 16.0 Å². The summed E-state index contributed by atoms with van der Waals surface area (Å²) in [5.41, 5.74) is 8.11. The Balaban J connectivity index is 1.68. The molecule has 3 rings (SSSR count). The van der Waals surface area contributed by atoms with Crippen LogP contribution in [0.2, 0.25) is 0 Å². The highest BCUT2D eigenvalue weighted by Gasteiger charge is 2.24. The Morgan fingerprint density at radius 2 is 1.89 bits per heavy atom. The van der Waals surface area contributed by atoms with Gasteiger partial charge in [-0.15, -0.1) is 0 Å². The predicted molar refractivity (Wildman–Crippen MR) is 106 cm³/mol. The summed E-state index contributed by atoms with van der Waals surface area (Å²) >= 11 is 0.869. The van der Waals surface area contributed by atoms with Gasteiger partial charge in [-0.1, -0.05) is 18.2 Å². The maximum Gasteiger partial charge on any atom is 0.320 e. The number of benzene rings is 2. The van der Waals surface area contributed by atoms with Crippen molar-refractivity contribution in [3.8, 4) is 11.5 Å². The Hall–Kier alpha value is -3.10. The molecule has 7 nitrogen and oxygen atoms in total. The first-order chi connectivity index (χ1) is 13.3. The van der Waals surface area contributed by atoms with Gasteiger partial charge in [-0.05, 0) is 72.1 Å². The molecule has 2 amide bonds. The molecule has 0 saturated carbocycles. The van der Waals surface area contributed by atoms with Gasteiger partial charge >= 0.3 is 5.97 Å². The van der Waals surface area contributed by atoms with E-state index >= 15 is 0 Å². The summed E-state index contributed by atoms with van der Waals surface area (Å²) in [6.07, 6.45) is 1.89. The number of carbonyl (C=O) groups excluding carboxylic acids is 2. The third-order valence-corrected chi connectivity index (χ3v) is 4.94. The van der Waals surface area contributed by atoms with Crippen molar-refractivity contribution in [2.24, 2.45) is 5.73 Å². The molecular formula is C20H18N2O5S. The molecule has 1 unspecified atom stereocenters. The van der Waals surface area contributed by atoms with Gasteiger partial charge in [0.1, 0.15) is 17.5 Å². The summed E-state index contributed by atoms with van der Waals surface area (Å²) in [6, 6.07) is 11.5. The smallest absolute Gasteiger partial charge is 0.320 e. The van der Waals surface area contributed by atoms with Gasteiger partial charge < -0.3 is 15.6 Å². The first-order valence-electron chi connectivity index (χ1n) is 8.42. The van der Waals surface area contributed by atoms with E-state index in [9.17, 15) is 14.4 Å². The molecule has 1 aliphatic rings. The zero-order valence-corrected chi connectivity index (χ0v) is 15.8. The largest absolute Gasteiger partial charge is 0.480 e. The highest BCUT2D eigenvalue weighted by atomic mass is 32.2. The molecule has 1 fully saturated rings. The molecular weight excluding hydrogens is 380 g/mol. The lowest BCUT2D eigenvalue weighted by atomic mass is 10.0. The fourth-order valence-electron chi connectivity index (χ4n) is 2.63. The van der Waals surface area contributed by atoms with E-state index in [-0.39, 0.29) is 11.7 Å². The normalized spacial score (nSPS) is 16.1.